The Balaban J connectivity index is 1.47. The van der Waals surface area contributed by atoms with Crippen LogP contribution in [0.5, 0.6) is 5.75 Å². The number of hydrogen-bond donors (Lipinski definition) is 0. The van der Waals surface area contributed by atoms with E-state index in [0.29, 0.717) is 43.1 Å². The van der Waals surface area contributed by atoms with E-state index in [9.17, 15) is 22.0 Å². The highest BCUT2D eigenvalue weighted by Crippen LogP contribution is 2.43. The van der Waals surface area contributed by atoms with Gasteiger partial charge in [-0.25, -0.2) is 8.78 Å². The third-order valence-corrected chi connectivity index (χ3v) is 8.49. The van der Waals surface area contributed by atoms with Crippen molar-refractivity contribution in [2.24, 2.45) is 17.8 Å². The highest BCUT2D eigenvalue weighted by molar-refractivity contribution is 5.66. The Hall–Kier alpha value is -2.11. The van der Waals surface area contributed by atoms with Crippen molar-refractivity contribution in [3.8, 4) is 16.9 Å². The van der Waals surface area contributed by atoms with E-state index in [1.807, 2.05) is 0 Å². The van der Waals surface area contributed by atoms with Crippen molar-refractivity contribution in [1.82, 2.24) is 0 Å². The maximum Gasteiger partial charge on any atom is 0.400 e. The molecule has 36 heavy (non-hydrogen) atoms. The van der Waals surface area contributed by atoms with Crippen LogP contribution in [-0.2, 0) is 0 Å². The van der Waals surface area contributed by atoms with Crippen LogP contribution in [0.3, 0.4) is 0 Å². The second-order valence-corrected chi connectivity index (χ2v) is 10.8. The number of hydrogen-bond acceptors (Lipinski definition) is 1. The van der Waals surface area contributed by atoms with E-state index >= 15 is 0 Å². The summed E-state index contributed by atoms with van der Waals surface area (Å²) in [6.07, 6.45) is 5.51. The van der Waals surface area contributed by atoms with Crippen LogP contribution in [0.4, 0.5) is 22.0 Å². The highest BCUT2D eigenvalue weighted by atomic mass is 19.3. The van der Waals surface area contributed by atoms with Gasteiger partial charge in [0, 0.05) is 5.56 Å². The van der Waals surface area contributed by atoms with Gasteiger partial charge in [-0.15, -0.1) is 0 Å². The number of alkyl halides is 2. The van der Waals surface area contributed by atoms with Gasteiger partial charge in [-0.05, 0) is 98.4 Å². The molecule has 2 saturated carbocycles. The first kappa shape index (κ1) is 26.9. The molecule has 1 nitrogen and oxygen atoms in total. The fourth-order valence-electron chi connectivity index (χ4n) is 6.17. The van der Waals surface area contributed by atoms with Gasteiger partial charge in [-0.2, -0.15) is 13.2 Å². The van der Waals surface area contributed by atoms with Crippen LogP contribution in [0, 0.1) is 35.2 Å². The van der Waals surface area contributed by atoms with Gasteiger partial charge in [0.2, 0.25) is 5.82 Å². The highest BCUT2D eigenvalue weighted by Gasteiger charge is 2.44. The van der Waals surface area contributed by atoms with Gasteiger partial charge in [-0.1, -0.05) is 45.2 Å². The minimum atomic E-state index is -3.59. The minimum Gasteiger partial charge on any atom is -0.429 e. The van der Waals surface area contributed by atoms with Crippen molar-refractivity contribution in [2.45, 2.75) is 96.5 Å². The Labute approximate surface area is 211 Å². The summed E-state index contributed by atoms with van der Waals surface area (Å²) in [5.74, 6) is -3.84. The maximum absolute atomic E-state index is 15.0. The molecule has 0 bridgehead atoms. The van der Waals surface area contributed by atoms with E-state index in [4.69, 9.17) is 4.74 Å². The summed E-state index contributed by atoms with van der Waals surface area (Å²) in [7, 11) is 0. The molecule has 0 radical (unpaired) electrons. The summed E-state index contributed by atoms with van der Waals surface area (Å²) in [5, 5.41) is 0. The molecule has 0 N–H and O–H groups in total. The summed E-state index contributed by atoms with van der Waals surface area (Å²) in [6.45, 7) is 4.25. The van der Waals surface area contributed by atoms with Crippen molar-refractivity contribution in [2.75, 3.05) is 0 Å². The molecule has 0 unspecified atom stereocenters. The van der Waals surface area contributed by atoms with Crippen molar-refractivity contribution in [3.05, 3.63) is 53.3 Å². The van der Waals surface area contributed by atoms with E-state index in [-0.39, 0.29) is 17.0 Å². The van der Waals surface area contributed by atoms with E-state index in [1.165, 1.54) is 12.1 Å². The molecular formula is C30H37F5O. The smallest absolute Gasteiger partial charge is 0.400 e. The standard InChI is InChI=1S/C30H37F5O/c1-3-5-20-8-13-23(14-9-20)30(34,35)36-27-17-16-25(28(32)29(27)33)22-12-15-24(26(31)18-22)21-10-6-19(4-2)7-11-21/h12,15-21,23H,3-11,13-14H2,1-2H3. The Morgan fingerprint density at radius 1 is 0.806 bits per heavy atom. The van der Waals surface area contributed by atoms with Gasteiger partial charge >= 0.3 is 6.11 Å². The van der Waals surface area contributed by atoms with Crippen LogP contribution in [0.1, 0.15) is 96.0 Å². The summed E-state index contributed by atoms with van der Waals surface area (Å²) in [4.78, 5) is 0. The second-order valence-electron chi connectivity index (χ2n) is 10.8. The molecular weight excluding hydrogens is 471 g/mol. The van der Waals surface area contributed by atoms with Crippen LogP contribution in [0.2, 0.25) is 0 Å². The predicted molar refractivity (Wildman–Crippen MR) is 133 cm³/mol. The van der Waals surface area contributed by atoms with Crippen molar-refractivity contribution >= 4 is 0 Å². The third kappa shape index (κ3) is 5.89. The number of ether oxygens (including phenoxy) is 1. The molecule has 2 aliphatic carbocycles. The fourth-order valence-corrected chi connectivity index (χ4v) is 6.17. The molecule has 2 aromatic rings. The third-order valence-electron chi connectivity index (χ3n) is 8.49. The summed E-state index contributed by atoms with van der Waals surface area (Å²) >= 11 is 0. The predicted octanol–water partition coefficient (Wildman–Crippen LogP) is 10.0. The van der Waals surface area contributed by atoms with Gasteiger partial charge in [0.1, 0.15) is 5.82 Å². The zero-order valence-electron chi connectivity index (χ0n) is 21.3. The minimum absolute atomic E-state index is 0.124. The molecule has 0 heterocycles. The first-order chi connectivity index (χ1) is 17.2. The molecule has 0 aliphatic heterocycles. The van der Waals surface area contributed by atoms with Crippen LogP contribution < -0.4 is 4.74 Å². The van der Waals surface area contributed by atoms with E-state index < -0.39 is 35.2 Å². The Bertz CT molecular complexity index is 1020. The fraction of sp³-hybridized carbons (Fsp3) is 0.600. The molecule has 4 rings (SSSR count). The Kier molecular flexibility index (Phi) is 8.62. The maximum atomic E-state index is 15.0. The average molecular weight is 509 g/mol. The van der Waals surface area contributed by atoms with Crippen molar-refractivity contribution < 1.29 is 26.7 Å². The first-order valence-electron chi connectivity index (χ1n) is 13.6. The molecule has 2 fully saturated rings. The molecule has 6 heteroatoms. The lowest BCUT2D eigenvalue weighted by Gasteiger charge is -2.33. The molecule has 0 atom stereocenters. The van der Waals surface area contributed by atoms with Crippen LogP contribution in [0.25, 0.3) is 11.1 Å². The lowest BCUT2D eigenvalue weighted by atomic mass is 9.77. The van der Waals surface area contributed by atoms with Crippen molar-refractivity contribution in [3.63, 3.8) is 0 Å². The zero-order valence-corrected chi connectivity index (χ0v) is 21.3. The number of rotatable bonds is 8. The normalized spacial score (nSPS) is 25.1. The zero-order chi connectivity index (χ0) is 25.9. The lowest BCUT2D eigenvalue weighted by molar-refractivity contribution is -0.224. The Morgan fingerprint density at radius 2 is 1.47 bits per heavy atom. The van der Waals surface area contributed by atoms with Gasteiger partial charge < -0.3 is 4.74 Å². The van der Waals surface area contributed by atoms with Crippen LogP contribution in [0.15, 0.2) is 30.3 Å². The molecule has 0 aromatic heterocycles. The van der Waals surface area contributed by atoms with Crippen molar-refractivity contribution in [1.29, 1.82) is 0 Å². The quantitative estimate of drug-likeness (QED) is 0.322. The molecule has 2 aliphatic rings. The molecule has 0 spiro atoms. The van der Waals surface area contributed by atoms with E-state index in [1.54, 1.807) is 12.1 Å². The number of benzene rings is 2. The molecule has 0 saturated heterocycles. The average Bonchev–Trinajstić information content (AvgIpc) is 2.87. The van der Waals surface area contributed by atoms with Crippen LogP contribution in [-0.4, -0.2) is 6.11 Å². The van der Waals surface area contributed by atoms with Gasteiger partial charge in [0.05, 0.1) is 5.92 Å². The largest absolute Gasteiger partial charge is 0.429 e. The second kappa shape index (κ2) is 11.5. The monoisotopic (exact) mass is 508 g/mol. The van der Waals surface area contributed by atoms with E-state index in [0.717, 1.165) is 51.0 Å². The molecule has 2 aromatic carbocycles. The summed E-state index contributed by atoms with van der Waals surface area (Å²) in [5.41, 5.74) is 0.591. The van der Waals surface area contributed by atoms with E-state index in [2.05, 4.69) is 13.8 Å². The molecule has 0 amide bonds. The summed E-state index contributed by atoms with van der Waals surface area (Å²) in [6, 6.07) is 6.63. The lowest BCUT2D eigenvalue weighted by Crippen LogP contribution is -2.37. The van der Waals surface area contributed by atoms with Gasteiger partial charge in [-0.3, -0.25) is 0 Å². The van der Waals surface area contributed by atoms with Gasteiger partial charge in [0.25, 0.3) is 0 Å². The van der Waals surface area contributed by atoms with Crippen LogP contribution >= 0.6 is 0 Å². The topological polar surface area (TPSA) is 9.23 Å². The first-order valence-corrected chi connectivity index (χ1v) is 13.6. The summed E-state index contributed by atoms with van der Waals surface area (Å²) < 4.78 is 79.1. The molecule has 198 valence electrons. The number of halogens is 5. The Morgan fingerprint density at radius 3 is 2.08 bits per heavy atom. The SMILES string of the molecule is CCCC1CCC(C(F)(F)Oc2ccc(-c3ccc(C4CCC(CC)CC4)c(F)c3)c(F)c2F)CC1. The van der Waals surface area contributed by atoms with Gasteiger partial charge in [0.15, 0.2) is 11.6 Å².